The van der Waals surface area contributed by atoms with Crippen LogP contribution in [0.15, 0.2) is 24.3 Å². The number of hydrogen-bond donors (Lipinski definition) is 1. The van der Waals surface area contributed by atoms with Gasteiger partial charge in [0.25, 0.3) is 0 Å². The Balaban J connectivity index is 2.31. The monoisotopic (exact) mass is 244 g/mol. The number of nitrogens with zero attached hydrogens (tertiary/aromatic N) is 1. The molecule has 0 radical (unpaired) electrons. The maximum atomic E-state index is 11.6. The lowest BCUT2D eigenvalue weighted by molar-refractivity contribution is -0.135. The maximum absolute atomic E-state index is 11.6. The summed E-state index contributed by atoms with van der Waals surface area (Å²) in [5.41, 5.74) is 0.797. The van der Waals surface area contributed by atoms with Crippen molar-refractivity contribution in [2.45, 2.75) is 12.3 Å². The number of methoxy groups -OCH3 is 1. The van der Waals surface area contributed by atoms with E-state index in [-0.39, 0.29) is 18.2 Å². The van der Waals surface area contributed by atoms with Crippen molar-refractivity contribution in [3.8, 4) is 11.8 Å². The number of nitrogens with one attached hydrogen (secondary N) is 1. The first-order valence-electron chi connectivity index (χ1n) is 5.53. The van der Waals surface area contributed by atoms with E-state index in [1.54, 1.807) is 31.4 Å². The molecule has 0 aromatic heterocycles. The third-order valence-electron chi connectivity index (χ3n) is 3.04. The largest absolute Gasteiger partial charge is 0.497 e. The fraction of sp³-hybridized carbons (Fsp3) is 0.308. The predicted molar refractivity (Wildman–Crippen MR) is 62.6 cm³/mol. The minimum atomic E-state index is -0.823. The number of hydrogen-bond acceptors (Lipinski definition) is 4. The summed E-state index contributed by atoms with van der Waals surface area (Å²) in [6, 6.07) is 9.01. The van der Waals surface area contributed by atoms with Gasteiger partial charge in [-0.15, -0.1) is 0 Å². The average Bonchev–Trinajstić information content (AvgIpc) is 2.38. The van der Waals surface area contributed by atoms with Crippen LogP contribution in [0.4, 0.5) is 0 Å². The maximum Gasteiger partial charge on any atom is 0.244 e. The Bertz CT molecular complexity index is 516. The van der Waals surface area contributed by atoms with Crippen LogP contribution in [-0.4, -0.2) is 18.9 Å². The summed E-state index contributed by atoms with van der Waals surface area (Å²) in [5.74, 6) is -1.38. The van der Waals surface area contributed by atoms with Gasteiger partial charge in [-0.1, -0.05) is 12.1 Å². The minimum Gasteiger partial charge on any atom is -0.497 e. The molecule has 1 aliphatic rings. The number of piperidine rings is 1. The van der Waals surface area contributed by atoms with Crippen molar-refractivity contribution in [2.24, 2.45) is 5.92 Å². The number of nitriles is 1. The van der Waals surface area contributed by atoms with E-state index in [0.717, 1.165) is 5.56 Å². The molecule has 2 amide bonds. The molecular formula is C13H12N2O3. The molecule has 1 aromatic rings. The molecule has 1 aromatic carbocycles. The molecule has 2 unspecified atom stereocenters. The second kappa shape index (κ2) is 4.88. The normalized spacial score (nSPS) is 23.1. The fourth-order valence-corrected chi connectivity index (χ4v) is 2.08. The average molecular weight is 244 g/mol. The van der Waals surface area contributed by atoms with Crippen molar-refractivity contribution >= 4 is 11.8 Å². The highest BCUT2D eigenvalue weighted by molar-refractivity contribution is 6.01. The van der Waals surface area contributed by atoms with Gasteiger partial charge in [0.05, 0.1) is 13.2 Å². The van der Waals surface area contributed by atoms with Crippen LogP contribution in [0.1, 0.15) is 17.9 Å². The minimum absolute atomic E-state index is 0.149. The standard InChI is InChI=1S/C13H12N2O3/c1-18-9-4-2-8(3-5-9)10-6-12(16)15-13(17)11(10)7-14/h2-5,10-11H,6H2,1H3,(H,15,16,17). The second-order valence-electron chi connectivity index (χ2n) is 4.10. The van der Waals surface area contributed by atoms with Gasteiger partial charge >= 0.3 is 0 Å². The number of ether oxygens (including phenoxy) is 1. The highest BCUT2D eigenvalue weighted by atomic mass is 16.5. The first-order valence-corrected chi connectivity index (χ1v) is 5.53. The van der Waals surface area contributed by atoms with E-state index in [1.165, 1.54) is 0 Å². The molecule has 0 aliphatic carbocycles. The summed E-state index contributed by atoms with van der Waals surface area (Å²) in [6.45, 7) is 0. The van der Waals surface area contributed by atoms with Gasteiger partial charge in [0.1, 0.15) is 11.7 Å². The Morgan fingerprint density at radius 2 is 2.00 bits per heavy atom. The molecule has 1 saturated heterocycles. The molecule has 1 N–H and O–H groups in total. The summed E-state index contributed by atoms with van der Waals surface area (Å²) in [7, 11) is 1.56. The molecule has 92 valence electrons. The molecule has 5 nitrogen and oxygen atoms in total. The Hall–Kier alpha value is -2.35. The van der Waals surface area contributed by atoms with Gasteiger partial charge in [-0.25, -0.2) is 0 Å². The summed E-state index contributed by atoms with van der Waals surface area (Å²) >= 11 is 0. The van der Waals surface area contributed by atoms with E-state index in [2.05, 4.69) is 5.32 Å². The van der Waals surface area contributed by atoms with Gasteiger partial charge in [0.2, 0.25) is 11.8 Å². The predicted octanol–water partition coefficient (Wildman–Crippen LogP) is 0.965. The van der Waals surface area contributed by atoms with E-state index in [0.29, 0.717) is 5.75 Å². The van der Waals surface area contributed by atoms with E-state index < -0.39 is 11.8 Å². The number of carbonyl (C=O) groups excluding carboxylic acids is 2. The van der Waals surface area contributed by atoms with Gasteiger partial charge in [0, 0.05) is 12.3 Å². The van der Waals surface area contributed by atoms with Gasteiger partial charge in [-0.05, 0) is 17.7 Å². The number of amides is 2. The number of imide groups is 1. The summed E-state index contributed by atoms with van der Waals surface area (Å²) in [5, 5.41) is 11.2. The van der Waals surface area contributed by atoms with Gasteiger partial charge in [0.15, 0.2) is 0 Å². The summed E-state index contributed by atoms with van der Waals surface area (Å²) in [6.07, 6.45) is 0.149. The van der Waals surface area contributed by atoms with Crippen molar-refractivity contribution in [1.29, 1.82) is 5.26 Å². The van der Waals surface area contributed by atoms with Crippen LogP contribution >= 0.6 is 0 Å². The SMILES string of the molecule is COc1ccc(C2CC(=O)NC(=O)C2C#N)cc1. The topological polar surface area (TPSA) is 79.2 Å². The van der Waals surface area contributed by atoms with Crippen LogP contribution in [0.25, 0.3) is 0 Å². The third kappa shape index (κ3) is 2.18. The zero-order valence-corrected chi connectivity index (χ0v) is 9.84. The van der Waals surface area contributed by atoms with Crippen LogP contribution in [0, 0.1) is 17.2 Å². The number of rotatable bonds is 2. The molecule has 1 heterocycles. The highest BCUT2D eigenvalue weighted by Gasteiger charge is 2.36. The molecule has 0 spiro atoms. The van der Waals surface area contributed by atoms with Crippen LogP contribution in [0.2, 0.25) is 0 Å². The fourth-order valence-electron chi connectivity index (χ4n) is 2.08. The Morgan fingerprint density at radius 3 is 2.56 bits per heavy atom. The van der Waals surface area contributed by atoms with Crippen molar-refractivity contribution in [3.63, 3.8) is 0 Å². The summed E-state index contributed by atoms with van der Waals surface area (Å²) in [4.78, 5) is 22.9. The number of benzene rings is 1. The molecule has 18 heavy (non-hydrogen) atoms. The first-order chi connectivity index (χ1) is 8.65. The molecule has 2 atom stereocenters. The van der Waals surface area contributed by atoms with E-state index in [9.17, 15) is 9.59 Å². The lowest BCUT2D eigenvalue weighted by atomic mass is 9.81. The lowest BCUT2D eigenvalue weighted by Gasteiger charge is -2.25. The molecule has 0 saturated carbocycles. The zero-order valence-electron chi connectivity index (χ0n) is 9.84. The summed E-state index contributed by atoms with van der Waals surface area (Å²) < 4.78 is 5.04. The van der Waals surface area contributed by atoms with Crippen LogP contribution in [-0.2, 0) is 9.59 Å². The van der Waals surface area contributed by atoms with Gasteiger partial charge in [-0.2, -0.15) is 5.26 Å². The second-order valence-corrected chi connectivity index (χ2v) is 4.10. The quantitative estimate of drug-likeness (QED) is 0.786. The van der Waals surface area contributed by atoms with Gasteiger partial charge < -0.3 is 4.74 Å². The Kier molecular flexibility index (Phi) is 3.28. The van der Waals surface area contributed by atoms with Crippen LogP contribution in [0.5, 0.6) is 5.75 Å². The highest BCUT2D eigenvalue weighted by Crippen LogP contribution is 2.31. The zero-order chi connectivity index (χ0) is 13.1. The molecule has 1 fully saturated rings. The molecule has 0 bridgehead atoms. The Morgan fingerprint density at radius 1 is 1.33 bits per heavy atom. The van der Waals surface area contributed by atoms with Crippen molar-refractivity contribution in [3.05, 3.63) is 29.8 Å². The first kappa shape index (κ1) is 12.1. The molecule has 1 aliphatic heterocycles. The van der Waals surface area contributed by atoms with E-state index in [4.69, 9.17) is 10.00 Å². The van der Waals surface area contributed by atoms with Gasteiger partial charge in [-0.3, -0.25) is 14.9 Å². The number of carbonyl (C=O) groups is 2. The van der Waals surface area contributed by atoms with Crippen LogP contribution in [0.3, 0.4) is 0 Å². The van der Waals surface area contributed by atoms with Crippen molar-refractivity contribution in [2.75, 3.05) is 7.11 Å². The lowest BCUT2D eigenvalue weighted by Crippen LogP contribution is -2.44. The smallest absolute Gasteiger partial charge is 0.244 e. The van der Waals surface area contributed by atoms with Crippen LogP contribution < -0.4 is 10.1 Å². The molecule has 5 heteroatoms. The van der Waals surface area contributed by atoms with Crippen molar-refractivity contribution in [1.82, 2.24) is 5.32 Å². The van der Waals surface area contributed by atoms with Crippen molar-refractivity contribution < 1.29 is 14.3 Å². The Labute approximate surface area is 104 Å². The van der Waals surface area contributed by atoms with E-state index in [1.807, 2.05) is 6.07 Å². The molecule has 2 rings (SSSR count). The molecular weight excluding hydrogens is 232 g/mol. The third-order valence-corrected chi connectivity index (χ3v) is 3.04. The van der Waals surface area contributed by atoms with E-state index >= 15 is 0 Å².